The summed E-state index contributed by atoms with van der Waals surface area (Å²) in [5.41, 5.74) is 0.495. The van der Waals surface area contributed by atoms with E-state index >= 15 is 0 Å². The smallest absolute Gasteiger partial charge is 0.338 e. The quantitative estimate of drug-likeness (QED) is 0.839. The van der Waals surface area contributed by atoms with E-state index in [2.05, 4.69) is 10.3 Å². The number of rotatable bonds is 4. The zero-order chi connectivity index (χ0) is 17.7. The van der Waals surface area contributed by atoms with Crippen molar-refractivity contribution in [2.75, 3.05) is 5.32 Å². The van der Waals surface area contributed by atoms with Crippen LogP contribution in [0.3, 0.4) is 0 Å². The van der Waals surface area contributed by atoms with Gasteiger partial charge in [-0.2, -0.15) is 5.26 Å². The number of ether oxygens (including phenoxy) is 1. The van der Waals surface area contributed by atoms with Crippen molar-refractivity contribution in [3.8, 4) is 6.07 Å². The van der Waals surface area contributed by atoms with E-state index in [0.717, 1.165) is 0 Å². The minimum absolute atomic E-state index is 0.112. The third-order valence-corrected chi connectivity index (χ3v) is 3.42. The number of hydrogen-bond acceptors (Lipinski definition) is 5. The molecule has 1 N–H and O–H groups in total. The van der Waals surface area contributed by atoms with Gasteiger partial charge in [0.2, 0.25) is 0 Å². The predicted octanol–water partition coefficient (Wildman–Crippen LogP) is 3.44. The molecule has 8 heteroatoms. The maximum absolute atomic E-state index is 12.1. The number of carbonyl (C=O) groups excluding carboxylic acids is 2. The van der Waals surface area contributed by atoms with Crippen LogP contribution in [0.4, 0.5) is 5.82 Å². The second-order valence-electron chi connectivity index (χ2n) is 4.71. The number of nitrogens with zero attached hydrogens (tertiary/aromatic N) is 2. The molecule has 2 rings (SSSR count). The molecule has 0 aliphatic rings. The van der Waals surface area contributed by atoms with Crippen LogP contribution in [-0.4, -0.2) is 23.0 Å². The van der Waals surface area contributed by atoms with Crippen molar-refractivity contribution in [3.63, 3.8) is 0 Å². The van der Waals surface area contributed by atoms with Gasteiger partial charge in [-0.1, -0.05) is 29.3 Å². The first-order valence-electron chi connectivity index (χ1n) is 6.73. The Kier molecular flexibility index (Phi) is 5.74. The van der Waals surface area contributed by atoms with Gasteiger partial charge in [0.1, 0.15) is 0 Å². The summed E-state index contributed by atoms with van der Waals surface area (Å²) in [6, 6.07) is 9.33. The topological polar surface area (TPSA) is 92.1 Å². The first-order valence-corrected chi connectivity index (χ1v) is 7.49. The van der Waals surface area contributed by atoms with Crippen LogP contribution in [-0.2, 0) is 9.53 Å². The molecule has 0 unspecified atom stereocenters. The Labute approximate surface area is 148 Å². The highest BCUT2D eigenvalue weighted by atomic mass is 35.5. The predicted molar refractivity (Wildman–Crippen MR) is 88.9 cm³/mol. The Bertz CT molecular complexity index is 834. The fourth-order valence-electron chi connectivity index (χ4n) is 1.72. The van der Waals surface area contributed by atoms with E-state index in [9.17, 15) is 9.59 Å². The van der Waals surface area contributed by atoms with Gasteiger partial charge in [-0.25, -0.2) is 9.78 Å². The standard InChI is InChI=1S/C16H11Cl2N3O3/c1-9(15(22)21-14-13(18)6-12(17)8-20-14)24-16(23)11-4-2-3-10(5-11)7-19/h2-6,8-9H,1H3,(H,20,21,22)/t9-/m1/s1. The molecule has 24 heavy (non-hydrogen) atoms. The van der Waals surface area contributed by atoms with E-state index in [1.807, 2.05) is 6.07 Å². The van der Waals surface area contributed by atoms with Gasteiger partial charge in [-0.05, 0) is 31.2 Å². The minimum Gasteiger partial charge on any atom is -0.449 e. The highest BCUT2D eigenvalue weighted by molar-refractivity contribution is 6.36. The molecule has 122 valence electrons. The average molecular weight is 364 g/mol. The molecule has 0 aliphatic heterocycles. The third-order valence-electron chi connectivity index (χ3n) is 2.93. The fraction of sp³-hybridized carbons (Fsp3) is 0.125. The molecule has 2 aromatic rings. The Balaban J connectivity index is 2.03. The second kappa shape index (κ2) is 7.77. The minimum atomic E-state index is -1.09. The molecule has 6 nitrogen and oxygen atoms in total. The summed E-state index contributed by atoms with van der Waals surface area (Å²) in [5, 5.41) is 11.8. The largest absolute Gasteiger partial charge is 0.449 e. The summed E-state index contributed by atoms with van der Waals surface area (Å²) < 4.78 is 5.08. The Morgan fingerprint density at radius 2 is 2.08 bits per heavy atom. The van der Waals surface area contributed by atoms with Crippen LogP contribution in [0.25, 0.3) is 0 Å². The Hall–Kier alpha value is -2.62. The van der Waals surface area contributed by atoms with Gasteiger partial charge >= 0.3 is 5.97 Å². The number of aromatic nitrogens is 1. The second-order valence-corrected chi connectivity index (χ2v) is 5.56. The van der Waals surface area contributed by atoms with Gasteiger partial charge in [0.05, 0.1) is 27.2 Å². The van der Waals surface area contributed by atoms with Crippen molar-refractivity contribution in [1.29, 1.82) is 5.26 Å². The lowest BCUT2D eigenvalue weighted by molar-refractivity contribution is -0.123. The van der Waals surface area contributed by atoms with Crippen molar-refractivity contribution in [3.05, 3.63) is 57.7 Å². The van der Waals surface area contributed by atoms with Crippen molar-refractivity contribution in [2.45, 2.75) is 13.0 Å². The Morgan fingerprint density at radius 1 is 1.33 bits per heavy atom. The van der Waals surface area contributed by atoms with Gasteiger partial charge in [0.15, 0.2) is 11.9 Å². The summed E-state index contributed by atoms with van der Waals surface area (Å²) >= 11 is 11.6. The van der Waals surface area contributed by atoms with Gasteiger partial charge in [-0.15, -0.1) is 0 Å². The molecular formula is C16H11Cl2N3O3. The van der Waals surface area contributed by atoms with Crippen LogP contribution in [0.5, 0.6) is 0 Å². The number of anilines is 1. The molecule has 1 aromatic heterocycles. The molecule has 1 aromatic carbocycles. The lowest BCUT2D eigenvalue weighted by atomic mass is 10.1. The van der Waals surface area contributed by atoms with E-state index in [1.165, 1.54) is 31.3 Å². The van der Waals surface area contributed by atoms with Gasteiger partial charge in [0, 0.05) is 6.20 Å². The van der Waals surface area contributed by atoms with Crippen LogP contribution in [0.15, 0.2) is 36.5 Å². The molecule has 0 saturated carbocycles. The van der Waals surface area contributed by atoms with E-state index < -0.39 is 18.0 Å². The van der Waals surface area contributed by atoms with Crippen molar-refractivity contribution >= 4 is 40.9 Å². The summed E-state index contributed by atoms with van der Waals surface area (Å²) in [6.07, 6.45) is 0.240. The molecule has 0 spiro atoms. The monoisotopic (exact) mass is 363 g/mol. The third kappa shape index (κ3) is 4.44. The molecule has 0 aliphatic carbocycles. The highest BCUT2D eigenvalue weighted by Crippen LogP contribution is 2.22. The maximum Gasteiger partial charge on any atom is 0.338 e. The number of pyridine rings is 1. The molecule has 0 radical (unpaired) electrons. The molecule has 0 saturated heterocycles. The average Bonchev–Trinajstić information content (AvgIpc) is 2.57. The van der Waals surface area contributed by atoms with Crippen LogP contribution in [0.1, 0.15) is 22.8 Å². The van der Waals surface area contributed by atoms with E-state index in [0.29, 0.717) is 10.6 Å². The van der Waals surface area contributed by atoms with Gasteiger partial charge in [-0.3, -0.25) is 4.79 Å². The van der Waals surface area contributed by atoms with E-state index in [4.69, 9.17) is 33.2 Å². The summed E-state index contributed by atoms with van der Waals surface area (Å²) in [6.45, 7) is 1.41. The van der Waals surface area contributed by atoms with Crippen LogP contribution in [0.2, 0.25) is 10.0 Å². The van der Waals surface area contributed by atoms with E-state index in [1.54, 1.807) is 12.1 Å². The molecule has 0 bridgehead atoms. The van der Waals surface area contributed by atoms with Crippen LogP contribution < -0.4 is 5.32 Å². The number of halogens is 2. The number of amides is 1. The van der Waals surface area contributed by atoms with Gasteiger partial charge in [0.25, 0.3) is 5.91 Å². The van der Waals surface area contributed by atoms with Crippen molar-refractivity contribution < 1.29 is 14.3 Å². The SMILES string of the molecule is C[C@@H](OC(=O)c1cccc(C#N)c1)C(=O)Nc1ncc(Cl)cc1Cl. The summed E-state index contributed by atoms with van der Waals surface area (Å²) in [7, 11) is 0. The summed E-state index contributed by atoms with van der Waals surface area (Å²) in [5.74, 6) is -1.21. The normalized spacial score (nSPS) is 11.2. The lowest BCUT2D eigenvalue weighted by Gasteiger charge is -2.14. The van der Waals surface area contributed by atoms with Gasteiger partial charge < -0.3 is 10.1 Å². The zero-order valence-corrected chi connectivity index (χ0v) is 13.9. The Morgan fingerprint density at radius 3 is 2.75 bits per heavy atom. The first kappa shape index (κ1) is 17.7. The van der Waals surface area contributed by atoms with Crippen LogP contribution in [0, 0.1) is 11.3 Å². The number of esters is 1. The fourth-order valence-corrected chi connectivity index (χ4v) is 2.15. The molecule has 1 amide bonds. The summed E-state index contributed by atoms with van der Waals surface area (Å²) in [4.78, 5) is 28.0. The van der Waals surface area contributed by atoms with Crippen molar-refractivity contribution in [2.24, 2.45) is 0 Å². The lowest BCUT2D eigenvalue weighted by Crippen LogP contribution is -2.30. The molecule has 1 atom stereocenters. The number of nitriles is 1. The van der Waals surface area contributed by atoms with Crippen molar-refractivity contribution in [1.82, 2.24) is 4.98 Å². The molecular weight excluding hydrogens is 353 g/mol. The highest BCUT2D eigenvalue weighted by Gasteiger charge is 2.20. The number of nitrogens with one attached hydrogen (secondary N) is 1. The van der Waals surface area contributed by atoms with E-state index in [-0.39, 0.29) is 16.4 Å². The number of hydrogen-bond donors (Lipinski definition) is 1. The number of carbonyl (C=O) groups is 2. The number of benzene rings is 1. The zero-order valence-electron chi connectivity index (χ0n) is 12.4. The molecule has 1 heterocycles. The maximum atomic E-state index is 12.1. The molecule has 0 fully saturated rings. The first-order chi connectivity index (χ1) is 11.4. The van der Waals surface area contributed by atoms with Crippen LogP contribution >= 0.6 is 23.2 Å².